The normalized spacial score (nSPS) is 23.1. The fraction of sp³-hybridized carbons (Fsp3) is 0.273. The average Bonchev–Trinajstić information content (AvgIpc) is 3.46. The van der Waals surface area contributed by atoms with Crippen LogP contribution in [-0.2, 0) is 11.0 Å². The second-order valence-electron chi connectivity index (χ2n) is 8.32. The minimum atomic E-state index is -4.86. The summed E-state index contributed by atoms with van der Waals surface area (Å²) in [5.74, 6) is -1.42. The molecule has 0 aromatic heterocycles. The number of alkyl halides is 3. The molecule has 5 amide bonds. The lowest BCUT2D eigenvalue weighted by Crippen LogP contribution is -2.55. The number of anilines is 2. The number of rotatable bonds is 2. The number of nitrogens with one attached hydrogen (secondary N) is 1. The second-order valence-corrected chi connectivity index (χ2v) is 8.72. The molecule has 2 aromatic rings. The van der Waals surface area contributed by atoms with Gasteiger partial charge in [0.1, 0.15) is 11.9 Å². The van der Waals surface area contributed by atoms with Gasteiger partial charge < -0.3 is 15.1 Å². The monoisotopic (exact) mass is 507 g/mol. The van der Waals surface area contributed by atoms with Crippen LogP contribution < -0.4 is 10.2 Å². The quantitative estimate of drug-likeness (QED) is 0.487. The maximum absolute atomic E-state index is 13.4. The lowest BCUT2D eigenvalue weighted by atomic mass is 10.1. The first-order valence-electron chi connectivity index (χ1n) is 10.3. The van der Waals surface area contributed by atoms with E-state index in [4.69, 9.17) is 16.9 Å². The molecule has 3 aliphatic heterocycles. The standard InChI is InChI=1S/C22H14ClF4N5O3/c23-15-5-11(2-4-16(15)24)29-20(34)30-9-13-7-17(30)18-19(33)32(21(35)31(13)18)12-3-1-10(8-28)14(6-12)22(25,26)27/h1-6,13,17-18H,7,9H2,(H,29,34). The number of nitrogens with zero attached hydrogens (tertiary/aromatic N) is 4. The van der Waals surface area contributed by atoms with Crippen LogP contribution in [0.4, 0.5) is 38.5 Å². The zero-order valence-corrected chi connectivity index (χ0v) is 18.3. The highest BCUT2D eigenvalue weighted by Gasteiger charge is 2.63. The number of carbonyl (C=O) groups excluding carboxylic acids is 3. The molecule has 0 saturated carbocycles. The van der Waals surface area contributed by atoms with Crippen molar-refractivity contribution in [1.82, 2.24) is 9.80 Å². The van der Waals surface area contributed by atoms with Crippen molar-refractivity contribution in [2.24, 2.45) is 0 Å². The number of fused-ring (bicyclic) bond motifs is 5. The highest BCUT2D eigenvalue weighted by Crippen LogP contribution is 2.43. The van der Waals surface area contributed by atoms with E-state index in [0.29, 0.717) is 17.4 Å². The Morgan fingerprint density at radius 2 is 1.91 bits per heavy atom. The number of likely N-dealkylation sites (tertiary alicyclic amines) is 1. The Morgan fingerprint density at radius 1 is 1.17 bits per heavy atom. The molecule has 13 heteroatoms. The largest absolute Gasteiger partial charge is 0.417 e. The molecule has 35 heavy (non-hydrogen) atoms. The van der Waals surface area contributed by atoms with Gasteiger partial charge in [0.15, 0.2) is 0 Å². The van der Waals surface area contributed by atoms with E-state index < -0.39 is 59.2 Å². The molecule has 3 unspecified atom stereocenters. The third-order valence-corrected chi connectivity index (χ3v) is 6.67. The van der Waals surface area contributed by atoms with Crippen molar-refractivity contribution >= 4 is 40.9 Å². The molecule has 5 rings (SSSR count). The van der Waals surface area contributed by atoms with Crippen LogP contribution in [0.1, 0.15) is 17.5 Å². The van der Waals surface area contributed by atoms with Crippen molar-refractivity contribution in [2.45, 2.75) is 30.7 Å². The van der Waals surface area contributed by atoms with Crippen molar-refractivity contribution in [3.63, 3.8) is 0 Å². The summed E-state index contributed by atoms with van der Waals surface area (Å²) in [4.78, 5) is 42.4. The van der Waals surface area contributed by atoms with Crippen molar-refractivity contribution in [3.8, 4) is 6.07 Å². The lowest BCUT2D eigenvalue weighted by molar-refractivity contribution is -0.137. The van der Waals surface area contributed by atoms with Crippen LogP contribution in [0.5, 0.6) is 0 Å². The van der Waals surface area contributed by atoms with Crippen LogP contribution in [0.2, 0.25) is 5.02 Å². The molecule has 3 aliphatic rings. The van der Waals surface area contributed by atoms with E-state index in [1.54, 1.807) is 0 Å². The number of carbonyl (C=O) groups is 3. The Morgan fingerprint density at radius 3 is 2.57 bits per heavy atom. The predicted molar refractivity (Wildman–Crippen MR) is 114 cm³/mol. The summed E-state index contributed by atoms with van der Waals surface area (Å²) in [5, 5.41) is 11.4. The van der Waals surface area contributed by atoms with Crippen LogP contribution in [0.3, 0.4) is 0 Å². The van der Waals surface area contributed by atoms with Gasteiger partial charge in [0.25, 0.3) is 5.91 Å². The van der Waals surface area contributed by atoms with Gasteiger partial charge in [-0.3, -0.25) is 4.79 Å². The smallest absolute Gasteiger partial charge is 0.317 e. The number of piperazine rings is 1. The minimum Gasteiger partial charge on any atom is -0.317 e. The molecule has 8 nitrogen and oxygen atoms in total. The fourth-order valence-corrected chi connectivity index (χ4v) is 5.08. The minimum absolute atomic E-state index is 0.107. The van der Waals surface area contributed by atoms with Crippen LogP contribution >= 0.6 is 11.6 Å². The number of imide groups is 1. The first kappa shape index (κ1) is 22.9. The van der Waals surface area contributed by atoms with Gasteiger partial charge in [0, 0.05) is 12.2 Å². The Balaban J connectivity index is 1.40. The molecule has 3 atom stereocenters. The SMILES string of the molecule is N#Cc1ccc(N2C(=O)C3C4CC(CN4C(=O)Nc4ccc(F)c(Cl)c4)N3C2=O)cc1C(F)(F)F. The molecule has 2 aromatic carbocycles. The molecule has 3 fully saturated rings. The van der Waals surface area contributed by atoms with Gasteiger partial charge in [-0.15, -0.1) is 0 Å². The van der Waals surface area contributed by atoms with E-state index in [1.165, 1.54) is 28.0 Å². The number of benzene rings is 2. The predicted octanol–water partition coefficient (Wildman–Crippen LogP) is 4.20. The maximum atomic E-state index is 13.4. The zero-order valence-electron chi connectivity index (χ0n) is 17.5. The number of amides is 5. The third-order valence-electron chi connectivity index (χ3n) is 6.38. The lowest BCUT2D eigenvalue weighted by Gasteiger charge is -2.34. The Labute approximate surface area is 200 Å². The molecule has 0 spiro atoms. The van der Waals surface area contributed by atoms with Gasteiger partial charge in [-0.1, -0.05) is 11.6 Å². The van der Waals surface area contributed by atoms with Gasteiger partial charge in [0.2, 0.25) is 0 Å². The van der Waals surface area contributed by atoms with Crippen LogP contribution in [0.15, 0.2) is 36.4 Å². The summed E-state index contributed by atoms with van der Waals surface area (Å²) >= 11 is 5.74. The first-order valence-corrected chi connectivity index (χ1v) is 10.7. The van der Waals surface area contributed by atoms with Crippen molar-refractivity contribution in [1.29, 1.82) is 5.26 Å². The van der Waals surface area contributed by atoms with E-state index in [1.807, 2.05) is 0 Å². The molecule has 1 N–H and O–H groups in total. The summed E-state index contributed by atoms with van der Waals surface area (Å²) in [6, 6.07) is 4.06. The summed E-state index contributed by atoms with van der Waals surface area (Å²) < 4.78 is 53.6. The van der Waals surface area contributed by atoms with E-state index in [0.717, 1.165) is 18.2 Å². The van der Waals surface area contributed by atoms with Crippen molar-refractivity contribution in [3.05, 3.63) is 58.4 Å². The number of urea groups is 2. The van der Waals surface area contributed by atoms with E-state index in [2.05, 4.69) is 5.32 Å². The number of hydrogen-bond acceptors (Lipinski definition) is 4. The van der Waals surface area contributed by atoms with Crippen LogP contribution in [0, 0.1) is 17.1 Å². The average molecular weight is 508 g/mol. The van der Waals surface area contributed by atoms with Crippen molar-refractivity contribution < 1.29 is 31.9 Å². The molecule has 0 radical (unpaired) electrons. The highest BCUT2D eigenvalue weighted by atomic mass is 35.5. The molecular formula is C22H14ClF4N5O3. The van der Waals surface area contributed by atoms with E-state index in [-0.39, 0.29) is 22.9 Å². The molecule has 2 bridgehead atoms. The van der Waals surface area contributed by atoms with Gasteiger partial charge in [0.05, 0.1) is 40.0 Å². The maximum Gasteiger partial charge on any atom is 0.417 e. The van der Waals surface area contributed by atoms with Gasteiger partial charge in [-0.25, -0.2) is 18.9 Å². The van der Waals surface area contributed by atoms with Crippen LogP contribution in [0.25, 0.3) is 0 Å². The first-order chi connectivity index (χ1) is 16.5. The fourth-order valence-electron chi connectivity index (χ4n) is 4.90. The molecule has 180 valence electrons. The highest BCUT2D eigenvalue weighted by molar-refractivity contribution is 6.31. The topological polar surface area (TPSA) is 96.8 Å². The molecule has 3 heterocycles. The molecular weight excluding hydrogens is 494 g/mol. The summed E-state index contributed by atoms with van der Waals surface area (Å²) in [6.07, 6.45) is -4.53. The van der Waals surface area contributed by atoms with Gasteiger partial charge >= 0.3 is 18.2 Å². The molecule has 3 saturated heterocycles. The van der Waals surface area contributed by atoms with Crippen molar-refractivity contribution in [2.75, 3.05) is 16.8 Å². The Bertz CT molecular complexity index is 1330. The summed E-state index contributed by atoms with van der Waals surface area (Å²) in [5.41, 5.74) is -1.97. The van der Waals surface area contributed by atoms with E-state index in [9.17, 15) is 31.9 Å². The Kier molecular flexibility index (Phi) is 5.14. The van der Waals surface area contributed by atoms with Gasteiger partial charge in [-0.05, 0) is 42.8 Å². The van der Waals surface area contributed by atoms with Crippen LogP contribution in [-0.4, -0.2) is 52.4 Å². The summed E-state index contributed by atoms with van der Waals surface area (Å²) in [6.45, 7) is 0.107. The molecule has 0 aliphatic carbocycles. The summed E-state index contributed by atoms with van der Waals surface area (Å²) in [7, 11) is 0. The number of halogens is 5. The zero-order chi connectivity index (χ0) is 25.2. The van der Waals surface area contributed by atoms with E-state index >= 15 is 0 Å². The second kappa shape index (κ2) is 7.84. The number of nitriles is 1. The number of hydrogen-bond donors (Lipinski definition) is 1. The van der Waals surface area contributed by atoms with Gasteiger partial charge in [-0.2, -0.15) is 18.4 Å². The third kappa shape index (κ3) is 3.54. The Hall–Kier alpha value is -3.85.